The molecule has 0 aromatic rings. The highest BCUT2D eigenvalue weighted by atomic mass is 16.5. The van der Waals surface area contributed by atoms with Gasteiger partial charge < -0.3 is 10.1 Å². The van der Waals surface area contributed by atoms with Gasteiger partial charge in [0.15, 0.2) is 0 Å². The molecule has 0 saturated heterocycles. The van der Waals surface area contributed by atoms with Crippen molar-refractivity contribution >= 4 is 0 Å². The first-order valence-corrected chi connectivity index (χ1v) is 6.72. The molecule has 0 aliphatic heterocycles. The third kappa shape index (κ3) is 2.49. The van der Waals surface area contributed by atoms with Crippen LogP contribution in [0, 0.1) is 17.8 Å². The predicted octanol–water partition coefficient (Wildman–Crippen LogP) is 2.60. The van der Waals surface area contributed by atoms with Gasteiger partial charge in [-0.1, -0.05) is 26.0 Å². The fraction of sp³-hybridized carbons (Fsp3) is 0.857. The Balaban J connectivity index is 1.79. The van der Waals surface area contributed by atoms with Crippen molar-refractivity contribution in [2.75, 3.05) is 13.2 Å². The zero-order valence-corrected chi connectivity index (χ0v) is 10.8. The summed E-state index contributed by atoms with van der Waals surface area (Å²) in [5.41, 5.74) is 0. The average Bonchev–Trinajstić information content (AvgIpc) is 2.59. The molecule has 0 heterocycles. The van der Waals surface area contributed by atoms with Crippen LogP contribution >= 0.6 is 0 Å². The molecule has 1 saturated carbocycles. The van der Waals surface area contributed by atoms with Crippen molar-refractivity contribution in [1.82, 2.24) is 5.32 Å². The van der Waals surface area contributed by atoms with E-state index >= 15 is 0 Å². The van der Waals surface area contributed by atoms with E-state index < -0.39 is 0 Å². The number of rotatable bonds is 6. The largest absolute Gasteiger partial charge is 0.380 e. The summed E-state index contributed by atoms with van der Waals surface area (Å²) in [4.78, 5) is 0. The second-order valence-corrected chi connectivity index (χ2v) is 5.52. The predicted molar refractivity (Wildman–Crippen MR) is 67.4 cm³/mol. The first-order valence-electron chi connectivity index (χ1n) is 6.72. The van der Waals surface area contributed by atoms with E-state index in [4.69, 9.17) is 4.74 Å². The lowest BCUT2D eigenvalue weighted by molar-refractivity contribution is 0.0756. The van der Waals surface area contributed by atoms with E-state index in [9.17, 15) is 0 Å². The summed E-state index contributed by atoms with van der Waals surface area (Å²) in [6.45, 7) is 8.29. The van der Waals surface area contributed by atoms with Gasteiger partial charge in [-0.05, 0) is 37.5 Å². The molecule has 2 aliphatic rings. The van der Waals surface area contributed by atoms with Crippen LogP contribution in [0.1, 0.15) is 33.6 Å². The summed E-state index contributed by atoms with van der Waals surface area (Å²) in [7, 11) is 0. The molecule has 2 nitrogen and oxygen atoms in total. The summed E-state index contributed by atoms with van der Waals surface area (Å²) < 4.78 is 5.56. The van der Waals surface area contributed by atoms with Crippen LogP contribution in [0.5, 0.6) is 0 Å². The van der Waals surface area contributed by atoms with Crippen LogP contribution in [-0.4, -0.2) is 25.3 Å². The smallest absolute Gasteiger partial charge is 0.0622 e. The van der Waals surface area contributed by atoms with Crippen LogP contribution in [-0.2, 0) is 4.74 Å². The maximum Gasteiger partial charge on any atom is 0.0622 e. The average molecular weight is 223 g/mol. The highest BCUT2D eigenvalue weighted by molar-refractivity contribution is 5.13. The standard InChI is InChI=1S/C14H25NO/c1-4-16-9-14(10(2)3)15-13-8-11-6-5-7-12(11)13/h5,7,10-15H,4,6,8-9H2,1-3H3. The third-order valence-electron chi connectivity index (χ3n) is 4.10. The van der Waals surface area contributed by atoms with Gasteiger partial charge >= 0.3 is 0 Å². The molecule has 1 fully saturated rings. The van der Waals surface area contributed by atoms with Gasteiger partial charge in [0.1, 0.15) is 0 Å². The van der Waals surface area contributed by atoms with Crippen molar-refractivity contribution < 1.29 is 4.74 Å². The fourth-order valence-corrected chi connectivity index (χ4v) is 2.86. The molecule has 2 rings (SSSR count). The topological polar surface area (TPSA) is 21.3 Å². The maximum absolute atomic E-state index is 5.56. The van der Waals surface area contributed by atoms with E-state index in [-0.39, 0.29) is 0 Å². The highest BCUT2D eigenvalue weighted by Crippen LogP contribution is 2.42. The fourth-order valence-electron chi connectivity index (χ4n) is 2.86. The van der Waals surface area contributed by atoms with Crippen molar-refractivity contribution in [2.45, 2.75) is 45.7 Å². The molecule has 0 amide bonds. The van der Waals surface area contributed by atoms with Crippen LogP contribution in [0.3, 0.4) is 0 Å². The molecule has 0 aromatic heterocycles. The van der Waals surface area contributed by atoms with Crippen molar-refractivity contribution in [3.63, 3.8) is 0 Å². The van der Waals surface area contributed by atoms with E-state index in [0.717, 1.165) is 25.0 Å². The van der Waals surface area contributed by atoms with E-state index in [1.807, 2.05) is 0 Å². The summed E-state index contributed by atoms with van der Waals surface area (Å²) in [5, 5.41) is 3.78. The summed E-state index contributed by atoms with van der Waals surface area (Å²) in [6, 6.07) is 1.22. The van der Waals surface area contributed by atoms with Crippen molar-refractivity contribution in [3.05, 3.63) is 12.2 Å². The lowest BCUT2D eigenvalue weighted by Crippen LogP contribution is -2.54. The molecular formula is C14H25NO. The second kappa shape index (κ2) is 5.33. The van der Waals surface area contributed by atoms with Crippen LogP contribution in [0.25, 0.3) is 0 Å². The number of ether oxygens (including phenoxy) is 1. The molecule has 4 unspecified atom stereocenters. The third-order valence-corrected chi connectivity index (χ3v) is 4.10. The monoisotopic (exact) mass is 223 g/mol. The lowest BCUT2D eigenvalue weighted by atomic mass is 9.71. The van der Waals surface area contributed by atoms with Gasteiger partial charge in [0, 0.05) is 18.7 Å². The minimum atomic E-state index is 0.514. The Bertz CT molecular complexity index is 249. The zero-order chi connectivity index (χ0) is 11.5. The van der Waals surface area contributed by atoms with Crippen LogP contribution in [0.2, 0.25) is 0 Å². The Hall–Kier alpha value is -0.340. The van der Waals surface area contributed by atoms with Crippen LogP contribution in [0.4, 0.5) is 0 Å². The van der Waals surface area contributed by atoms with Crippen molar-refractivity contribution in [2.24, 2.45) is 17.8 Å². The Morgan fingerprint density at radius 1 is 1.44 bits per heavy atom. The number of hydrogen-bond donors (Lipinski definition) is 1. The SMILES string of the molecule is CCOCC(NC1CC2CC=CC21)C(C)C. The molecule has 0 spiro atoms. The molecule has 0 aromatic carbocycles. The molecule has 2 aliphatic carbocycles. The Labute approximate surface area is 99.4 Å². The van der Waals surface area contributed by atoms with E-state index in [2.05, 4.69) is 38.2 Å². The van der Waals surface area contributed by atoms with Gasteiger partial charge in [0.2, 0.25) is 0 Å². The Morgan fingerprint density at radius 3 is 2.88 bits per heavy atom. The van der Waals surface area contributed by atoms with E-state index in [0.29, 0.717) is 18.0 Å². The molecule has 4 atom stereocenters. The number of fused-ring (bicyclic) bond motifs is 1. The van der Waals surface area contributed by atoms with Gasteiger partial charge in [-0.15, -0.1) is 0 Å². The quantitative estimate of drug-likeness (QED) is 0.699. The minimum Gasteiger partial charge on any atom is -0.380 e. The van der Waals surface area contributed by atoms with Crippen LogP contribution < -0.4 is 5.32 Å². The van der Waals surface area contributed by atoms with Gasteiger partial charge in [-0.2, -0.15) is 0 Å². The molecule has 16 heavy (non-hydrogen) atoms. The molecule has 92 valence electrons. The van der Waals surface area contributed by atoms with Crippen molar-refractivity contribution in [3.8, 4) is 0 Å². The number of hydrogen-bond acceptors (Lipinski definition) is 2. The Kier molecular flexibility index (Phi) is 4.04. The maximum atomic E-state index is 5.56. The second-order valence-electron chi connectivity index (χ2n) is 5.52. The molecule has 2 heteroatoms. The van der Waals surface area contributed by atoms with Crippen molar-refractivity contribution in [1.29, 1.82) is 0 Å². The normalized spacial score (nSPS) is 33.9. The first-order chi connectivity index (χ1) is 7.72. The molecule has 1 N–H and O–H groups in total. The zero-order valence-electron chi connectivity index (χ0n) is 10.8. The van der Waals surface area contributed by atoms with Gasteiger partial charge in [-0.25, -0.2) is 0 Å². The van der Waals surface area contributed by atoms with E-state index in [1.54, 1.807) is 0 Å². The summed E-state index contributed by atoms with van der Waals surface area (Å²) in [5.74, 6) is 2.40. The molecule has 0 radical (unpaired) electrons. The number of nitrogens with one attached hydrogen (secondary N) is 1. The van der Waals surface area contributed by atoms with Gasteiger partial charge in [-0.3, -0.25) is 0 Å². The summed E-state index contributed by atoms with van der Waals surface area (Å²) in [6.07, 6.45) is 7.42. The first kappa shape index (κ1) is 12.1. The van der Waals surface area contributed by atoms with Gasteiger partial charge in [0.05, 0.1) is 6.61 Å². The molecule has 0 bridgehead atoms. The van der Waals surface area contributed by atoms with E-state index in [1.165, 1.54) is 12.8 Å². The highest BCUT2D eigenvalue weighted by Gasteiger charge is 2.41. The lowest BCUT2D eigenvalue weighted by Gasteiger charge is -2.43. The molecular weight excluding hydrogens is 198 g/mol. The van der Waals surface area contributed by atoms with Gasteiger partial charge in [0.25, 0.3) is 0 Å². The minimum absolute atomic E-state index is 0.514. The summed E-state index contributed by atoms with van der Waals surface area (Å²) >= 11 is 0. The number of allylic oxidation sites excluding steroid dienone is 1. The Morgan fingerprint density at radius 2 is 2.25 bits per heavy atom. The van der Waals surface area contributed by atoms with Crippen LogP contribution in [0.15, 0.2) is 12.2 Å².